The van der Waals surface area contributed by atoms with Crippen LogP contribution in [-0.4, -0.2) is 30.8 Å². The minimum Gasteiger partial charge on any atom is -0.278 e. The Kier molecular flexibility index (Phi) is 4.17. The molecule has 0 fully saturated rings. The molecular formula is C6H14ClFN2. The second kappa shape index (κ2) is 4.11. The van der Waals surface area contributed by atoms with Crippen molar-refractivity contribution in [3.05, 3.63) is 0 Å². The highest BCUT2D eigenvalue weighted by atomic mass is 35.5. The van der Waals surface area contributed by atoms with E-state index in [2.05, 4.69) is 4.84 Å². The van der Waals surface area contributed by atoms with E-state index in [0.717, 1.165) is 0 Å². The minimum absolute atomic E-state index is 0.234. The molecule has 62 valence electrons. The lowest BCUT2D eigenvalue weighted by Gasteiger charge is -2.26. The first-order chi connectivity index (χ1) is 4.52. The van der Waals surface area contributed by atoms with E-state index in [9.17, 15) is 4.39 Å². The van der Waals surface area contributed by atoms with Gasteiger partial charge in [-0.25, -0.2) is 9.23 Å². The maximum Gasteiger partial charge on any atom is 0.142 e. The molecule has 0 aliphatic carbocycles. The van der Waals surface area contributed by atoms with Gasteiger partial charge in [-0.15, -0.1) is 0 Å². The minimum atomic E-state index is -0.442. The second-order valence-corrected chi connectivity index (χ2v) is 3.30. The summed E-state index contributed by atoms with van der Waals surface area (Å²) in [7, 11) is 1.70. The Morgan fingerprint density at radius 2 is 2.10 bits per heavy atom. The van der Waals surface area contributed by atoms with Crippen molar-refractivity contribution in [2.75, 3.05) is 20.4 Å². The van der Waals surface area contributed by atoms with Gasteiger partial charge in [0.05, 0.1) is 0 Å². The molecule has 0 heterocycles. The second-order valence-electron chi connectivity index (χ2n) is 3.11. The van der Waals surface area contributed by atoms with Crippen LogP contribution < -0.4 is 4.84 Å². The van der Waals surface area contributed by atoms with Gasteiger partial charge >= 0.3 is 0 Å². The first-order valence-electron chi connectivity index (χ1n) is 3.14. The maximum atomic E-state index is 11.9. The lowest BCUT2D eigenvalue weighted by Crippen LogP contribution is -2.43. The highest BCUT2D eigenvalue weighted by molar-refractivity contribution is 6.13. The fraction of sp³-hybridized carbons (Fsp3) is 1.00. The molecule has 2 nitrogen and oxygen atoms in total. The zero-order chi connectivity index (χ0) is 8.20. The Morgan fingerprint density at radius 3 is 2.40 bits per heavy atom. The summed E-state index contributed by atoms with van der Waals surface area (Å²) < 4.78 is 11.9. The molecule has 0 aliphatic rings. The van der Waals surface area contributed by atoms with Crippen LogP contribution in [0.2, 0.25) is 0 Å². The Morgan fingerprint density at radius 1 is 1.60 bits per heavy atom. The quantitative estimate of drug-likeness (QED) is 0.504. The number of likely N-dealkylation sites (N-methyl/N-ethyl adjacent to an activating group) is 1. The van der Waals surface area contributed by atoms with E-state index in [1.807, 2.05) is 13.8 Å². The predicted octanol–water partition coefficient (Wildman–Crippen LogP) is 1.37. The molecule has 0 amide bonds. The van der Waals surface area contributed by atoms with E-state index in [1.54, 1.807) is 11.9 Å². The maximum absolute atomic E-state index is 11.9. The molecule has 0 aromatic carbocycles. The van der Waals surface area contributed by atoms with Crippen molar-refractivity contribution in [2.45, 2.75) is 19.4 Å². The van der Waals surface area contributed by atoms with E-state index in [-0.39, 0.29) is 5.54 Å². The van der Waals surface area contributed by atoms with Gasteiger partial charge < -0.3 is 0 Å². The summed E-state index contributed by atoms with van der Waals surface area (Å²) in [6, 6.07) is 0. The zero-order valence-electron chi connectivity index (χ0n) is 6.62. The van der Waals surface area contributed by atoms with Crippen LogP contribution in [0.3, 0.4) is 0 Å². The summed E-state index contributed by atoms with van der Waals surface area (Å²) in [5.74, 6) is 0. The van der Waals surface area contributed by atoms with Gasteiger partial charge in [0.25, 0.3) is 0 Å². The fourth-order valence-corrected chi connectivity index (χ4v) is 0.807. The number of nitrogens with zero attached hydrogens (tertiary/aromatic N) is 1. The molecule has 0 rings (SSSR count). The molecule has 0 radical (unpaired) electrons. The van der Waals surface area contributed by atoms with E-state index < -0.39 is 6.80 Å². The lowest BCUT2D eigenvalue weighted by molar-refractivity contribution is 0.185. The van der Waals surface area contributed by atoms with E-state index in [0.29, 0.717) is 6.54 Å². The van der Waals surface area contributed by atoms with Crippen LogP contribution in [0.25, 0.3) is 0 Å². The van der Waals surface area contributed by atoms with Crippen LogP contribution in [-0.2, 0) is 0 Å². The first kappa shape index (κ1) is 10.1. The van der Waals surface area contributed by atoms with Gasteiger partial charge in [-0.3, -0.25) is 4.90 Å². The molecule has 0 saturated heterocycles. The van der Waals surface area contributed by atoms with Crippen molar-refractivity contribution in [3.8, 4) is 0 Å². The van der Waals surface area contributed by atoms with Gasteiger partial charge in [0.1, 0.15) is 6.80 Å². The van der Waals surface area contributed by atoms with Crippen molar-refractivity contribution >= 4 is 11.8 Å². The number of halogens is 2. The van der Waals surface area contributed by atoms with Crippen molar-refractivity contribution in [2.24, 2.45) is 0 Å². The summed E-state index contributed by atoms with van der Waals surface area (Å²) >= 11 is 5.40. The fourth-order valence-electron chi connectivity index (χ4n) is 0.747. The van der Waals surface area contributed by atoms with Crippen LogP contribution >= 0.6 is 11.8 Å². The van der Waals surface area contributed by atoms with Crippen LogP contribution in [0.4, 0.5) is 4.39 Å². The number of nitrogens with one attached hydrogen (secondary N) is 1. The Labute approximate surface area is 66.5 Å². The average Bonchev–Trinajstić information content (AvgIpc) is 1.87. The van der Waals surface area contributed by atoms with E-state index in [4.69, 9.17) is 11.8 Å². The van der Waals surface area contributed by atoms with Crippen molar-refractivity contribution in [1.82, 2.24) is 9.74 Å². The highest BCUT2D eigenvalue weighted by Gasteiger charge is 2.17. The molecule has 0 aromatic rings. The number of hydrogen-bond acceptors (Lipinski definition) is 2. The molecule has 0 unspecified atom stereocenters. The molecular weight excluding hydrogens is 155 g/mol. The third-order valence-corrected chi connectivity index (χ3v) is 1.64. The zero-order valence-corrected chi connectivity index (χ0v) is 7.37. The lowest BCUT2D eigenvalue weighted by atomic mass is 10.1. The molecule has 0 saturated carbocycles. The molecule has 4 heteroatoms. The van der Waals surface area contributed by atoms with Crippen molar-refractivity contribution < 1.29 is 4.39 Å². The van der Waals surface area contributed by atoms with Crippen molar-refractivity contribution in [1.29, 1.82) is 0 Å². The van der Waals surface area contributed by atoms with Gasteiger partial charge in [0.15, 0.2) is 0 Å². The van der Waals surface area contributed by atoms with Crippen LogP contribution in [0.15, 0.2) is 0 Å². The SMILES string of the molecule is CN(CF)CC(C)(C)NCl. The summed E-state index contributed by atoms with van der Waals surface area (Å²) in [5.41, 5.74) is -0.234. The molecule has 0 atom stereocenters. The van der Waals surface area contributed by atoms with E-state index >= 15 is 0 Å². The summed E-state index contributed by atoms with van der Waals surface area (Å²) in [5, 5.41) is 0. The largest absolute Gasteiger partial charge is 0.278 e. The van der Waals surface area contributed by atoms with Crippen LogP contribution in [0.5, 0.6) is 0 Å². The molecule has 0 aromatic heterocycles. The molecule has 0 bridgehead atoms. The van der Waals surface area contributed by atoms with Crippen LogP contribution in [0, 0.1) is 0 Å². The number of hydrogen-bond donors (Lipinski definition) is 1. The number of alkyl halides is 1. The predicted molar refractivity (Wildman–Crippen MR) is 41.7 cm³/mol. The third kappa shape index (κ3) is 4.04. The Bertz CT molecular complexity index is 97.7. The molecule has 0 aliphatic heterocycles. The van der Waals surface area contributed by atoms with Gasteiger partial charge in [-0.1, -0.05) is 0 Å². The first-order valence-corrected chi connectivity index (χ1v) is 3.52. The molecule has 0 spiro atoms. The normalized spacial score (nSPS) is 12.6. The van der Waals surface area contributed by atoms with Crippen molar-refractivity contribution in [3.63, 3.8) is 0 Å². The van der Waals surface area contributed by atoms with Gasteiger partial charge in [-0.2, -0.15) is 0 Å². The smallest absolute Gasteiger partial charge is 0.142 e. The average molecular weight is 169 g/mol. The summed E-state index contributed by atoms with van der Waals surface area (Å²) in [6.45, 7) is 3.97. The van der Waals surface area contributed by atoms with Gasteiger partial charge in [0.2, 0.25) is 0 Å². The van der Waals surface area contributed by atoms with Crippen LogP contribution in [0.1, 0.15) is 13.8 Å². The molecule has 10 heavy (non-hydrogen) atoms. The third-order valence-electron chi connectivity index (χ3n) is 1.13. The van der Waals surface area contributed by atoms with Gasteiger partial charge in [0, 0.05) is 12.1 Å². The number of rotatable bonds is 4. The summed E-state index contributed by atoms with van der Waals surface area (Å²) in [6.07, 6.45) is 0. The van der Waals surface area contributed by atoms with Gasteiger partial charge in [-0.05, 0) is 32.7 Å². The molecule has 1 N–H and O–H groups in total. The standard InChI is InChI=1S/C6H14ClFN2/c1-6(2,9-7)4-10(3)5-8/h9H,4-5H2,1-3H3. The monoisotopic (exact) mass is 168 g/mol. The summed E-state index contributed by atoms with van der Waals surface area (Å²) in [4.78, 5) is 4.12. The highest BCUT2D eigenvalue weighted by Crippen LogP contribution is 2.04. The van der Waals surface area contributed by atoms with E-state index in [1.165, 1.54) is 0 Å². The topological polar surface area (TPSA) is 15.3 Å². The Balaban J connectivity index is 3.64. The Hall–Kier alpha value is 0.140.